The summed E-state index contributed by atoms with van der Waals surface area (Å²) >= 11 is 3.24. The number of hydrogen-bond donors (Lipinski definition) is 2. The Labute approximate surface area is 140 Å². The van der Waals surface area contributed by atoms with Crippen molar-refractivity contribution in [2.24, 2.45) is 0 Å². The van der Waals surface area contributed by atoms with Gasteiger partial charge in [0, 0.05) is 10.0 Å². The second kappa shape index (κ2) is 8.09. The second-order valence-corrected chi connectivity index (χ2v) is 5.37. The number of carbonyl (C=O) groups excluding carboxylic acids is 3. The number of halogens is 1. The van der Waals surface area contributed by atoms with Crippen molar-refractivity contribution in [3.05, 3.63) is 70.2 Å². The largest absolute Gasteiger partial charge is 0.452 e. The van der Waals surface area contributed by atoms with Crippen LogP contribution in [0.2, 0.25) is 0 Å². The molecule has 2 amide bonds. The fraction of sp³-hybridized carbons (Fsp3) is 0.0625. The first kappa shape index (κ1) is 16.7. The fourth-order valence-electron chi connectivity index (χ4n) is 1.65. The van der Waals surface area contributed by atoms with Crippen LogP contribution < -0.4 is 10.9 Å². The third kappa shape index (κ3) is 5.23. The minimum absolute atomic E-state index is 0.320. The van der Waals surface area contributed by atoms with Gasteiger partial charge in [-0.2, -0.15) is 0 Å². The molecule has 2 aromatic carbocycles. The summed E-state index contributed by atoms with van der Waals surface area (Å²) < 4.78 is 5.59. The van der Waals surface area contributed by atoms with E-state index < -0.39 is 24.4 Å². The van der Waals surface area contributed by atoms with Crippen LogP contribution in [0.5, 0.6) is 0 Å². The minimum atomic E-state index is -0.641. The van der Waals surface area contributed by atoms with Crippen molar-refractivity contribution in [2.45, 2.75) is 0 Å². The average Bonchev–Trinajstić information content (AvgIpc) is 2.58. The van der Waals surface area contributed by atoms with Gasteiger partial charge in [-0.05, 0) is 30.3 Å². The van der Waals surface area contributed by atoms with Gasteiger partial charge in [-0.25, -0.2) is 4.79 Å². The third-order valence-corrected chi connectivity index (χ3v) is 3.24. The lowest BCUT2D eigenvalue weighted by Crippen LogP contribution is -2.43. The Hall–Kier alpha value is -2.67. The number of nitrogens with one attached hydrogen (secondary N) is 2. The van der Waals surface area contributed by atoms with Crippen LogP contribution in [0.3, 0.4) is 0 Å². The van der Waals surface area contributed by atoms with E-state index in [0.29, 0.717) is 11.1 Å². The zero-order valence-electron chi connectivity index (χ0n) is 11.9. The third-order valence-electron chi connectivity index (χ3n) is 2.75. The molecule has 0 saturated heterocycles. The van der Waals surface area contributed by atoms with Crippen molar-refractivity contribution in [3.63, 3.8) is 0 Å². The summed E-state index contributed by atoms with van der Waals surface area (Å²) in [5, 5.41) is 0. The van der Waals surface area contributed by atoms with Crippen molar-refractivity contribution in [3.8, 4) is 0 Å². The lowest BCUT2D eigenvalue weighted by Gasteiger charge is -2.08. The lowest BCUT2D eigenvalue weighted by atomic mass is 10.2. The number of ether oxygens (including phenoxy) is 1. The molecule has 0 radical (unpaired) electrons. The zero-order chi connectivity index (χ0) is 16.7. The van der Waals surface area contributed by atoms with Gasteiger partial charge in [0.25, 0.3) is 11.8 Å². The van der Waals surface area contributed by atoms with Gasteiger partial charge < -0.3 is 4.74 Å². The molecule has 0 bridgehead atoms. The van der Waals surface area contributed by atoms with Crippen LogP contribution in [0.25, 0.3) is 0 Å². The van der Waals surface area contributed by atoms with Gasteiger partial charge >= 0.3 is 5.97 Å². The molecule has 0 atom stereocenters. The van der Waals surface area contributed by atoms with Crippen LogP contribution in [0.15, 0.2) is 59.1 Å². The van der Waals surface area contributed by atoms with Crippen molar-refractivity contribution in [1.29, 1.82) is 0 Å². The van der Waals surface area contributed by atoms with E-state index in [2.05, 4.69) is 26.8 Å². The molecule has 2 N–H and O–H groups in total. The number of hydrazine groups is 1. The van der Waals surface area contributed by atoms with E-state index in [1.807, 2.05) is 0 Å². The fourth-order valence-corrected chi connectivity index (χ4v) is 2.05. The zero-order valence-corrected chi connectivity index (χ0v) is 13.5. The Morgan fingerprint density at radius 2 is 1.61 bits per heavy atom. The highest BCUT2D eigenvalue weighted by molar-refractivity contribution is 9.10. The van der Waals surface area contributed by atoms with Crippen LogP contribution in [0, 0.1) is 0 Å². The number of carbonyl (C=O) groups is 3. The molecule has 2 rings (SSSR count). The molecule has 0 aliphatic carbocycles. The van der Waals surface area contributed by atoms with Gasteiger partial charge in [0.15, 0.2) is 6.61 Å². The molecule has 0 unspecified atom stereocenters. The summed E-state index contributed by atoms with van der Waals surface area (Å²) in [6, 6.07) is 15.0. The molecule has 7 heteroatoms. The highest BCUT2D eigenvalue weighted by Crippen LogP contribution is 2.12. The summed E-state index contributed by atoms with van der Waals surface area (Å²) in [6.45, 7) is -0.500. The van der Waals surface area contributed by atoms with Crippen LogP contribution >= 0.6 is 15.9 Å². The van der Waals surface area contributed by atoms with Crippen molar-refractivity contribution < 1.29 is 19.1 Å². The van der Waals surface area contributed by atoms with E-state index >= 15 is 0 Å². The smallest absolute Gasteiger partial charge is 0.338 e. The highest BCUT2D eigenvalue weighted by atomic mass is 79.9. The molecule has 0 fully saturated rings. The standard InChI is InChI=1S/C16H13BrN2O4/c17-13-8-4-7-12(9-13)16(22)23-10-14(20)18-19-15(21)11-5-2-1-3-6-11/h1-9H,10H2,(H,18,20)(H,19,21). The Balaban J connectivity index is 1.77. The predicted octanol–water partition coefficient (Wildman–Crippen LogP) is 2.07. The Morgan fingerprint density at radius 3 is 2.30 bits per heavy atom. The van der Waals surface area contributed by atoms with Gasteiger partial charge in [-0.15, -0.1) is 0 Å². The molecular weight excluding hydrogens is 364 g/mol. The number of amides is 2. The molecule has 6 nitrogen and oxygen atoms in total. The van der Waals surface area contributed by atoms with Crippen LogP contribution in [0.4, 0.5) is 0 Å². The summed E-state index contributed by atoms with van der Waals surface area (Å²) in [5.41, 5.74) is 5.13. The molecular formula is C16H13BrN2O4. The number of hydrogen-bond acceptors (Lipinski definition) is 4. The molecule has 2 aromatic rings. The molecule has 118 valence electrons. The molecule has 23 heavy (non-hydrogen) atoms. The topological polar surface area (TPSA) is 84.5 Å². The van der Waals surface area contributed by atoms with E-state index in [1.54, 1.807) is 54.6 Å². The maximum Gasteiger partial charge on any atom is 0.338 e. The molecule has 0 spiro atoms. The second-order valence-electron chi connectivity index (χ2n) is 4.45. The first-order valence-corrected chi connectivity index (χ1v) is 7.42. The summed E-state index contributed by atoms with van der Waals surface area (Å²) in [6.07, 6.45) is 0. The van der Waals surface area contributed by atoms with Crippen molar-refractivity contribution in [2.75, 3.05) is 6.61 Å². The van der Waals surface area contributed by atoms with Crippen LogP contribution in [-0.2, 0) is 9.53 Å². The number of rotatable bonds is 4. The number of esters is 1. The first-order chi connectivity index (χ1) is 11.1. The van der Waals surface area contributed by atoms with E-state index in [4.69, 9.17) is 4.74 Å². The van der Waals surface area contributed by atoms with E-state index in [1.165, 1.54) is 0 Å². The Kier molecular flexibility index (Phi) is 5.87. The monoisotopic (exact) mass is 376 g/mol. The Morgan fingerprint density at radius 1 is 0.913 bits per heavy atom. The minimum Gasteiger partial charge on any atom is -0.452 e. The average molecular weight is 377 g/mol. The Bertz CT molecular complexity index is 719. The van der Waals surface area contributed by atoms with Crippen molar-refractivity contribution in [1.82, 2.24) is 10.9 Å². The summed E-state index contributed by atoms with van der Waals surface area (Å²) in [5.74, 6) is -1.73. The van der Waals surface area contributed by atoms with Crippen LogP contribution in [-0.4, -0.2) is 24.4 Å². The van der Waals surface area contributed by atoms with Gasteiger partial charge in [0.05, 0.1) is 5.56 Å². The van der Waals surface area contributed by atoms with Crippen molar-refractivity contribution >= 4 is 33.7 Å². The SMILES string of the molecule is O=C(COC(=O)c1cccc(Br)c1)NNC(=O)c1ccccc1. The molecule has 0 aliphatic rings. The molecule has 0 saturated carbocycles. The van der Waals surface area contributed by atoms with Gasteiger partial charge in [-0.3, -0.25) is 20.4 Å². The molecule has 0 aromatic heterocycles. The predicted molar refractivity (Wildman–Crippen MR) is 86.5 cm³/mol. The van der Waals surface area contributed by atoms with Crippen LogP contribution in [0.1, 0.15) is 20.7 Å². The normalized spacial score (nSPS) is 9.78. The maximum atomic E-state index is 11.8. The van der Waals surface area contributed by atoms with E-state index in [0.717, 1.165) is 4.47 Å². The lowest BCUT2D eigenvalue weighted by molar-refractivity contribution is -0.125. The highest BCUT2D eigenvalue weighted by Gasteiger charge is 2.11. The summed E-state index contributed by atoms with van der Waals surface area (Å²) in [7, 11) is 0. The van der Waals surface area contributed by atoms with E-state index in [-0.39, 0.29) is 0 Å². The van der Waals surface area contributed by atoms with Gasteiger partial charge in [0.2, 0.25) is 0 Å². The number of benzene rings is 2. The molecule has 0 heterocycles. The first-order valence-electron chi connectivity index (χ1n) is 6.63. The summed E-state index contributed by atoms with van der Waals surface area (Å²) in [4.78, 5) is 35.0. The van der Waals surface area contributed by atoms with E-state index in [9.17, 15) is 14.4 Å². The maximum absolute atomic E-state index is 11.8. The van der Waals surface area contributed by atoms with Gasteiger partial charge in [0.1, 0.15) is 0 Å². The molecule has 0 aliphatic heterocycles. The van der Waals surface area contributed by atoms with Gasteiger partial charge in [-0.1, -0.05) is 40.2 Å². The quantitative estimate of drug-likeness (QED) is 0.631.